The van der Waals surface area contributed by atoms with Crippen LogP contribution in [0.3, 0.4) is 0 Å². The molecule has 1 fully saturated rings. The van der Waals surface area contributed by atoms with Gasteiger partial charge in [0, 0.05) is 37.3 Å². The topological polar surface area (TPSA) is 78.5 Å². The summed E-state index contributed by atoms with van der Waals surface area (Å²) in [5.41, 5.74) is 1.32. The standard InChI is InChI=1S/C16H21N3O3/c1-10(2)19-9-12(8-15(19)21)16(22)18-14-6-4-13(5-7-14)17-11(3)20/h4-7,10,12H,8-9H2,1-3H3,(H,17,20)(H,18,22). The molecule has 1 heterocycles. The minimum absolute atomic E-state index is 0.0242. The molecule has 1 aliphatic heterocycles. The minimum Gasteiger partial charge on any atom is -0.339 e. The van der Waals surface area contributed by atoms with E-state index in [1.165, 1.54) is 6.92 Å². The predicted molar refractivity (Wildman–Crippen MR) is 84.3 cm³/mol. The van der Waals surface area contributed by atoms with E-state index in [-0.39, 0.29) is 36.1 Å². The Morgan fingerprint density at radius 1 is 1.14 bits per heavy atom. The average molecular weight is 303 g/mol. The molecule has 0 aromatic heterocycles. The van der Waals surface area contributed by atoms with Crippen LogP contribution in [0.25, 0.3) is 0 Å². The van der Waals surface area contributed by atoms with Crippen LogP contribution in [0.1, 0.15) is 27.2 Å². The van der Waals surface area contributed by atoms with Crippen molar-refractivity contribution in [2.24, 2.45) is 5.92 Å². The number of carbonyl (C=O) groups excluding carboxylic acids is 3. The molecule has 1 aromatic carbocycles. The number of benzene rings is 1. The monoisotopic (exact) mass is 303 g/mol. The van der Waals surface area contributed by atoms with Gasteiger partial charge >= 0.3 is 0 Å². The van der Waals surface area contributed by atoms with Gasteiger partial charge in [-0.05, 0) is 38.1 Å². The van der Waals surface area contributed by atoms with Crippen molar-refractivity contribution >= 4 is 29.1 Å². The van der Waals surface area contributed by atoms with Gasteiger partial charge in [0.2, 0.25) is 17.7 Å². The van der Waals surface area contributed by atoms with Crippen LogP contribution in [-0.4, -0.2) is 35.2 Å². The third-order valence-corrected chi connectivity index (χ3v) is 3.63. The second-order valence-corrected chi connectivity index (χ2v) is 5.79. The Morgan fingerprint density at radius 3 is 2.14 bits per heavy atom. The Bertz CT molecular complexity index is 581. The molecule has 6 heteroatoms. The lowest BCUT2D eigenvalue weighted by Crippen LogP contribution is -2.33. The first-order valence-corrected chi connectivity index (χ1v) is 7.35. The van der Waals surface area contributed by atoms with Crippen LogP contribution >= 0.6 is 0 Å². The highest BCUT2D eigenvalue weighted by Crippen LogP contribution is 2.22. The van der Waals surface area contributed by atoms with E-state index < -0.39 is 0 Å². The molecule has 1 aromatic rings. The van der Waals surface area contributed by atoms with Gasteiger partial charge in [-0.25, -0.2) is 0 Å². The molecule has 118 valence electrons. The van der Waals surface area contributed by atoms with Crippen LogP contribution in [0.4, 0.5) is 11.4 Å². The molecule has 0 aliphatic carbocycles. The van der Waals surface area contributed by atoms with Gasteiger partial charge in [0.15, 0.2) is 0 Å². The Labute approximate surface area is 129 Å². The van der Waals surface area contributed by atoms with Crippen LogP contribution < -0.4 is 10.6 Å². The third-order valence-electron chi connectivity index (χ3n) is 3.63. The Morgan fingerprint density at radius 2 is 1.68 bits per heavy atom. The first-order chi connectivity index (χ1) is 10.4. The number of hydrogen-bond donors (Lipinski definition) is 2. The van der Waals surface area contributed by atoms with Gasteiger partial charge in [-0.1, -0.05) is 0 Å². The van der Waals surface area contributed by atoms with E-state index in [0.29, 0.717) is 17.9 Å². The number of nitrogens with zero attached hydrogens (tertiary/aromatic N) is 1. The van der Waals surface area contributed by atoms with E-state index in [2.05, 4.69) is 10.6 Å². The molecule has 22 heavy (non-hydrogen) atoms. The lowest BCUT2D eigenvalue weighted by molar-refractivity contribution is -0.129. The van der Waals surface area contributed by atoms with Crippen molar-refractivity contribution in [3.8, 4) is 0 Å². The third kappa shape index (κ3) is 3.84. The molecule has 2 N–H and O–H groups in total. The summed E-state index contributed by atoms with van der Waals surface area (Å²) < 4.78 is 0. The summed E-state index contributed by atoms with van der Waals surface area (Å²) in [6.45, 7) is 5.79. The average Bonchev–Trinajstić information content (AvgIpc) is 2.83. The Hall–Kier alpha value is -2.37. The zero-order valence-electron chi connectivity index (χ0n) is 13.1. The molecule has 3 amide bonds. The van der Waals surface area contributed by atoms with Gasteiger partial charge < -0.3 is 15.5 Å². The molecule has 0 saturated carbocycles. The van der Waals surface area contributed by atoms with E-state index in [0.717, 1.165) is 0 Å². The summed E-state index contributed by atoms with van der Waals surface area (Å²) in [7, 11) is 0. The lowest BCUT2D eigenvalue weighted by atomic mass is 10.1. The molecular formula is C16H21N3O3. The van der Waals surface area contributed by atoms with E-state index in [1.807, 2.05) is 13.8 Å². The number of amides is 3. The zero-order chi connectivity index (χ0) is 16.3. The maximum atomic E-state index is 12.2. The van der Waals surface area contributed by atoms with Crippen LogP contribution in [-0.2, 0) is 14.4 Å². The molecule has 6 nitrogen and oxygen atoms in total. The summed E-state index contributed by atoms with van der Waals surface area (Å²) >= 11 is 0. The fraction of sp³-hybridized carbons (Fsp3) is 0.438. The molecule has 1 atom stereocenters. The summed E-state index contributed by atoms with van der Waals surface area (Å²) in [6, 6.07) is 7.00. The summed E-state index contributed by atoms with van der Waals surface area (Å²) in [5, 5.41) is 5.48. The maximum absolute atomic E-state index is 12.2. The molecule has 0 bridgehead atoms. The molecule has 1 aliphatic rings. The van der Waals surface area contributed by atoms with Crippen LogP contribution in [0.2, 0.25) is 0 Å². The predicted octanol–water partition coefficient (Wildman–Crippen LogP) is 1.84. The fourth-order valence-electron chi connectivity index (χ4n) is 2.49. The van der Waals surface area contributed by atoms with Crippen LogP contribution in [0, 0.1) is 5.92 Å². The highest BCUT2D eigenvalue weighted by atomic mass is 16.2. The number of rotatable bonds is 4. The largest absolute Gasteiger partial charge is 0.339 e. The normalized spacial score (nSPS) is 17.7. The van der Waals surface area contributed by atoms with E-state index in [4.69, 9.17) is 0 Å². The first kappa shape index (κ1) is 16.0. The second kappa shape index (κ2) is 6.60. The number of nitrogens with one attached hydrogen (secondary N) is 2. The number of likely N-dealkylation sites (tertiary alicyclic amines) is 1. The molecule has 2 rings (SSSR count). The quantitative estimate of drug-likeness (QED) is 0.891. The van der Waals surface area contributed by atoms with Gasteiger partial charge in [0.1, 0.15) is 0 Å². The van der Waals surface area contributed by atoms with Crippen molar-refractivity contribution in [2.45, 2.75) is 33.2 Å². The molecule has 1 saturated heterocycles. The van der Waals surface area contributed by atoms with Crippen molar-refractivity contribution in [1.82, 2.24) is 4.90 Å². The Balaban J connectivity index is 1.95. The van der Waals surface area contributed by atoms with E-state index in [1.54, 1.807) is 29.2 Å². The maximum Gasteiger partial charge on any atom is 0.229 e. The van der Waals surface area contributed by atoms with Gasteiger partial charge in [0.05, 0.1) is 5.92 Å². The number of anilines is 2. The lowest BCUT2D eigenvalue weighted by Gasteiger charge is -2.20. The fourth-order valence-corrected chi connectivity index (χ4v) is 2.49. The highest BCUT2D eigenvalue weighted by Gasteiger charge is 2.35. The van der Waals surface area contributed by atoms with E-state index >= 15 is 0 Å². The molecule has 1 unspecified atom stereocenters. The van der Waals surface area contributed by atoms with Crippen molar-refractivity contribution in [3.05, 3.63) is 24.3 Å². The Kier molecular flexibility index (Phi) is 4.80. The second-order valence-electron chi connectivity index (χ2n) is 5.79. The molecule has 0 radical (unpaired) electrons. The van der Waals surface area contributed by atoms with Gasteiger partial charge in [-0.15, -0.1) is 0 Å². The van der Waals surface area contributed by atoms with Crippen molar-refractivity contribution in [2.75, 3.05) is 17.2 Å². The van der Waals surface area contributed by atoms with Crippen LogP contribution in [0.5, 0.6) is 0 Å². The van der Waals surface area contributed by atoms with Crippen molar-refractivity contribution in [1.29, 1.82) is 0 Å². The molecule has 0 spiro atoms. The van der Waals surface area contributed by atoms with Crippen molar-refractivity contribution in [3.63, 3.8) is 0 Å². The summed E-state index contributed by atoms with van der Waals surface area (Å²) in [5.74, 6) is -0.583. The van der Waals surface area contributed by atoms with Crippen LogP contribution in [0.15, 0.2) is 24.3 Å². The van der Waals surface area contributed by atoms with E-state index in [9.17, 15) is 14.4 Å². The van der Waals surface area contributed by atoms with Crippen molar-refractivity contribution < 1.29 is 14.4 Å². The van der Waals surface area contributed by atoms with Gasteiger partial charge in [-0.2, -0.15) is 0 Å². The van der Waals surface area contributed by atoms with Gasteiger partial charge in [0.25, 0.3) is 0 Å². The minimum atomic E-state index is -0.315. The zero-order valence-corrected chi connectivity index (χ0v) is 13.1. The highest BCUT2D eigenvalue weighted by molar-refractivity contribution is 5.97. The number of hydrogen-bond acceptors (Lipinski definition) is 3. The SMILES string of the molecule is CC(=O)Nc1ccc(NC(=O)C2CC(=O)N(C(C)C)C2)cc1. The summed E-state index contributed by atoms with van der Waals surface area (Å²) in [4.78, 5) is 36.7. The first-order valence-electron chi connectivity index (χ1n) is 7.35. The van der Waals surface area contributed by atoms with Gasteiger partial charge in [-0.3, -0.25) is 14.4 Å². The smallest absolute Gasteiger partial charge is 0.229 e. The summed E-state index contributed by atoms with van der Waals surface area (Å²) in [6.07, 6.45) is 0.258. The molecular weight excluding hydrogens is 282 g/mol. The number of carbonyl (C=O) groups is 3.